The number of carbonyl (C=O) groups excluding carboxylic acids is 2. The molecule has 1 saturated heterocycles. The van der Waals surface area contributed by atoms with Gasteiger partial charge in [-0.25, -0.2) is 4.79 Å². The predicted molar refractivity (Wildman–Crippen MR) is 96.4 cm³/mol. The van der Waals surface area contributed by atoms with Gasteiger partial charge in [-0.3, -0.25) is 4.79 Å². The van der Waals surface area contributed by atoms with Crippen LogP contribution >= 0.6 is 11.8 Å². The fraction of sp³-hybridized carbons (Fsp3) is 0.500. The highest BCUT2D eigenvalue weighted by Gasteiger charge is 2.14. The van der Waals surface area contributed by atoms with Crippen LogP contribution in [0.25, 0.3) is 0 Å². The standard InChI is InChI=1S/C16H24N4O2S/c1-12-10-13(18-16(22)17-11-15(21)19(2)3)4-5-14(12)20-6-8-23-9-7-20/h4-5,10H,6-9,11H2,1-3H3,(H2,17,18,22). The molecule has 1 aromatic rings. The van der Waals surface area contributed by atoms with Crippen molar-refractivity contribution in [2.24, 2.45) is 0 Å². The van der Waals surface area contributed by atoms with Gasteiger partial charge in [-0.1, -0.05) is 0 Å². The molecule has 2 rings (SSSR count). The van der Waals surface area contributed by atoms with E-state index in [1.54, 1.807) is 14.1 Å². The zero-order valence-corrected chi connectivity index (χ0v) is 14.7. The lowest BCUT2D eigenvalue weighted by Gasteiger charge is -2.30. The van der Waals surface area contributed by atoms with Gasteiger partial charge in [0.1, 0.15) is 0 Å². The number of carbonyl (C=O) groups is 2. The monoisotopic (exact) mass is 336 g/mol. The number of rotatable bonds is 4. The molecule has 6 nitrogen and oxygen atoms in total. The molecule has 2 N–H and O–H groups in total. The van der Waals surface area contributed by atoms with Crippen molar-refractivity contribution in [3.05, 3.63) is 23.8 Å². The van der Waals surface area contributed by atoms with Gasteiger partial charge in [-0.05, 0) is 30.7 Å². The smallest absolute Gasteiger partial charge is 0.319 e. The number of benzene rings is 1. The molecule has 0 unspecified atom stereocenters. The second-order valence-electron chi connectivity index (χ2n) is 5.70. The Kier molecular flexibility index (Phi) is 6.15. The molecular formula is C16H24N4O2S. The maximum Gasteiger partial charge on any atom is 0.319 e. The van der Waals surface area contributed by atoms with E-state index in [0.717, 1.165) is 35.8 Å². The molecule has 3 amide bonds. The Bertz CT molecular complexity index is 571. The summed E-state index contributed by atoms with van der Waals surface area (Å²) in [5.41, 5.74) is 3.09. The quantitative estimate of drug-likeness (QED) is 0.879. The first-order valence-electron chi connectivity index (χ1n) is 7.65. The van der Waals surface area contributed by atoms with Crippen LogP contribution in [0.3, 0.4) is 0 Å². The summed E-state index contributed by atoms with van der Waals surface area (Å²) < 4.78 is 0. The Morgan fingerprint density at radius 2 is 1.96 bits per heavy atom. The van der Waals surface area contributed by atoms with Crippen molar-refractivity contribution < 1.29 is 9.59 Å². The molecule has 126 valence electrons. The molecule has 0 aliphatic carbocycles. The van der Waals surface area contributed by atoms with E-state index in [1.165, 1.54) is 10.6 Å². The van der Waals surface area contributed by atoms with Crippen molar-refractivity contribution in [2.75, 3.05) is 55.5 Å². The van der Waals surface area contributed by atoms with Crippen LogP contribution < -0.4 is 15.5 Å². The normalized spacial score (nSPS) is 14.3. The summed E-state index contributed by atoms with van der Waals surface area (Å²) in [6, 6.07) is 5.54. The number of hydrogen-bond acceptors (Lipinski definition) is 4. The Morgan fingerprint density at radius 1 is 1.26 bits per heavy atom. The van der Waals surface area contributed by atoms with Crippen LogP contribution in [0.1, 0.15) is 5.56 Å². The number of nitrogens with zero attached hydrogens (tertiary/aromatic N) is 2. The van der Waals surface area contributed by atoms with Crippen molar-refractivity contribution >= 4 is 35.1 Å². The minimum atomic E-state index is -0.373. The first-order valence-corrected chi connectivity index (χ1v) is 8.81. The SMILES string of the molecule is Cc1cc(NC(=O)NCC(=O)N(C)C)ccc1N1CCSCC1. The van der Waals surface area contributed by atoms with Crippen molar-refractivity contribution in [2.45, 2.75) is 6.92 Å². The van der Waals surface area contributed by atoms with Crippen molar-refractivity contribution in [3.8, 4) is 0 Å². The zero-order valence-electron chi connectivity index (χ0n) is 13.9. The lowest BCUT2D eigenvalue weighted by Crippen LogP contribution is -2.38. The van der Waals surface area contributed by atoms with Crippen molar-refractivity contribution in [1.29, 1.82) is 0 Å². The third-order valence-corrected chi connectivity index (χ3v) is 4.65. The molecule has 1 fully saturated rings. The van der Waals surface area contributed by atoms with E-state index < -0.39 is 0 Å². The van der Waals surface area contributed by atoms with E-state index in [-0.39, 0.29) is 18.5 Å². The molecule has 0 aromatic heterocycles. The molecule has 0 spiro atoms. The van der Waals surface area contributed by atoms with E-state index >= 15 is 0 Å². The molecule has 7 heteroatoms. The fourth-order valence-corrected chi connectivity index (χ4v) is 3.28. The number of likely N-dealkylation sites (N-methyl/N-ethyl adjacent to an activating group) is 1. The molecule has 1 aliphatic rings. The summed E-state index contributed by atoms with van der Waals surface area (Å²) in [5, 5.41) is 5.32. The largest absolute Gasteiger partial charge is 0.370 e. The van der Waals surface area contributed by atoms with Crippen LogP contribution in [-0.2, 0) is 4.79 Å². The van der Waals surface area contributed by atoms with Gasteiger partial charge in [-0.2, -0.15) is 11.8 Å². The van der Waals surface area contributed by atoms with Crippen LogP contribution in [-0.4, -0.2) is 62.1 Å². The molecule has 0 saturated carbocycles. The Balaban J connectivity index is 1.92. The number of amides is 3. The number of anilines is 2. The summed E-state index contributed by atoms with van der Waals surface area (Å²) in [6.45, 7) is 4.16. The summed E-state index contributed by atoms with van der Waals surface area (Å²) in [4.78, 5) is 27.1. The first kappa shape index (κ1) is 17.5. The van der Waals surface area contributed by atoms with Gasteiger partial charge < -0.3 is 20.4 Å². The summed E-state index contributed by atoms with van der Waals surface area (Å²) in [5.74, 6) is 2.17. The van der Waals surface area contributed by atoms with Gasteiger partial charge in [0.25, 0.3) is 0 Å². The van der Waals surface area contributed by atoms with Crippen LogP contribution in [0.5, 0.6) is 0 Å². The first-order chi connectivity index (χ1) is 11.0. The summed E-state index contributed by atoms with van der Waals surface area (Å²) >= 11 is 1.98. The minimum Gasteiger partial charge on any atom is -0.370 e. The summed E-state index contributed by atoms with van der Waals surface area (Å²) in [6.07, 6.45) is 0. The molecular weight excluding hydrogens is 312 g/mol. The number of nitrogens with one attached hydrogen (secondary N) is 2. The van der Waals surface area contributed by atoms with Crippen LogP contribution in [0, 0.1) is 6.92 Å². The van der Waals surface area contributed by atoms with Crippen molar-refractivity contribution in [1.82, 2.24) is 10.2 Å². The molecule has 0 radical (unpaired) electrons. The van der Waals surface area contributed by atoms with Crippen LogP contribution in [0.2, 0.25) is 0 Å². The Hall–Kier alpha value is -1.89. The lowest BCUT2D eigenvalue weighted by atomic mass is 10.1. The second-order valence-corrected chi connectivity index (χ2v) is 6.92. The number of hydrogen-bond donors (Lipinski definition) is 2. The van der Waals surface area contributed by atoms with Gasteiger partial charge in [-0.15, -0.1) is 0 Å². The molecule has 1 aliphatic heterocycles. The highest BCUT2D eigenvalue weighted by Crippen LogP contribution is 2.26. The topological polar surface area (TPSA) is 64.7 Å². The van der Waals surface area contributed by atoms with Gasteiger partial charge in [0.2, 0.25) is 5.91 Å². The van der Waals surface area contributed by atoms with Crippen LogP contribution in [0.4, 0.5) is 16.2 Å². The second kappa shape index (κ2) is 8.10. The van der Waals surface area contributed by atoms with Gasteiger partial charge >= 0.3 is 6.03 Å². The Morgan fingerprint density at radius 3 is 2.57 bits per heavy atom. The average molecular weight is 336 g/mol. The third kappa shape index (κ3) is 5.06. The minimum absolute atomic E-state index is 0.0126. The van der Waals surface area contributed by atoms with E-state index in [4.69, 9.17) is 0 Å². The zero-order chi connectivity index (χ0) is 16.8. The fourth-order valence-electron chi connectivity index (χ4n) is 2.38. The van der Waals surface area contributed by atoms with Crippen LogP contribution in [0.15, 0.2) is 18.2 Å². The molecule has 23 heavy (non-hydrogen) atoms. The highest BCUT2D eigenvalue weighted by atomic mass is 32.2. The van der Waals surface area contributed by atoms with Gasteiger partial charge in [0, 0.05) is 50.1 Å². The highest BCUT2D eigenvalue weighted by molar-refractivity contribution is 7.99. The lowest BCUT2D eigenvalue weighted by molar-refractivity contribution is -0.127. The van der Waals surface area contributed by atoms with E-state index in [2.05, 4.69) is 22.5 Å². The molecule has 1 heterocycles. The van der Waals surface area contributed by atoms with E-state index in [1.807, 2.05) is 30.0 Å². The maximum atomic E-state index is 11.8. The maximum absolute atomic E-state index is 11.8. The Labute approximate surface area is 141 Å². The third-order valence-electron chi connectivity index (χ3n) is 3.71. The average Bonchev–Trinajstić information content (AvgIpc) is 2.53. The van der Waals surface area contributed by atoms with Gasteiger partial charge in [0.15, 0.2) is 0 Å². The molecule has 0 atom stereocenters. The van der Waals surface area contributed by atoms with E-state index in [9.17, 15) is 9.59 Å². The molecule has 1 aromatic carbocycles. The van der Waals surface area contributed by atoms with Crippen molar-refractivity contribution in [3.63, 3.8) is 0 Å². The molecule has 0 bridgehead atoms. The number of aryl methyl sites for hydroxylation is 1. The number of thioether (sulfide) groups is 1. The van der Waals surface area contributed by atoms with Gasteiger partial charge in [0.05, 0.1) is 6.54 Å². The summed E-state index contributed by atoms with van der Waals surface area (Å²) in [7, 11) is 3.31. The van der Waals surface area contributed by atoms with E-state index in [0.29, 0.717) is 0 Å². The predicted octanol–water partition coefficient (Wildman–Crippen LogP) is 1.76. The number of urea groups is 1.